The molecule has 0 saturated carbocycles. The minimum Gasteiger partial charge on any atom is -0.224 e. The van der Waals surface area contributed by atoms with Crippen molar-refractivity contribution in [2.75, 3.05) is 6.26 Å². The second kappa shape index (κ2) is 4.29. The summed E-state index contributed by atoms with van der Waals surface area (Å²) in [4.78, 5) is -0.722. The molecule has 0 spiro atoms. The van der Waals surface area contributed by atoms with Gasteiger partial charge in [-0.15, -0.1) is 0 Å². The summed E-state index contributed by atoms with van der Waals surface area (Å²) in [6.45, 7) is 0. The van der Waals surface area contributed by atoms with Crippen LogP contribution in [0, 0.1) is 0 Å². The third kappa shape index (κ3) is 3.69. The van der Waals surface area contributed by atoms with Crippen LogP contribution in [0.25, 0.3) is 4.91 Å². The van der Waals surface area contributed by atoms with Crippen LogP contribution in [0.5, 0.6) is 0 Å². The lowest BCUT2D eigenvalue weighted by atomic mass is 10.2. The molecule has 16 heavy (non-hydrogen) atoms. The minimum absolute atomic E-state index is 0.0299. The molecule has 0 aliphatic rings. The number of halogens is 3. The van der Waals surface area contributed by atoms with E-state index in [4.69, 9.17) is 0 Å². The molecular weight excluding hydrogens is 241 g/mol. The predicted octanol–water partition coefficient (Wildman–Crippen LogP) is 2.63. The van der Waals surface area contributed by atoms with Gasteiger partial charge in [0, 0.05) is 12.3 Å². The molecule has 0 radical (unpaired) electrons. The van der Waals surface area contributed by atoms with Crippen molar-refractivity contribution in [1.29, 1.82) is 0 Å². The molecule has 88 valence electrons. The first kappa shape index (κ1) is 12.8. The van der Waals surface area contributed by atoms with Gasteiger partial charge in [0.2, 0.25) is 0 Å². The fourth-order valence-electron chi connectivity index (χ4n) is 1.16. The maximum absolute atomic E-state index is 12.2. The number of alkyl halides is 3. The largest absolute Gasteiger partial charge is 0.411 e. The lowest BCUT2D eigenvalue weighted by Gasteiger charge is -2.07. The molecule has 0 saturated heterocycles. The first-order chi connectivity index (χ1) is 7.20. The molecule has 0 bridgehead atoms. The predicted molar refractivity (Wildman–Crippen MR) is 55.3 cm³/mol. The van der Waals surface area contributed by atoms with E-state index >= 15 is 0 Å². The van der Waals surface area contributed by atoms with E-state index in [1.165, 1.54) is 24.3 Å². The molecule has 1 aromatic carbocycles. The molecule has 0 amide bonds. The highest BCUT2D eigenvalue weighted by atomic mass is 32.2. The second-order valence-corrected chi connectivity index (χ2v) is 5.17. The number of benzene rings is 1. The second-order valence-electron chi connectivity index (χ2n) is 3.19. The summed E-state index contributed by atoms with van der Waals surface area (Å²) in [7, 11) is -3.91. The Bertz CT molecular complexity index is 487. The van der Waals surface area contributed by atoms with E-state index in [1.807, 2.05) is 0 Å². The van der Waals surface area contributed by atoms with E-state index in [2.05, 4.69) is 0 Å². The summed E-state index contributed by atoms with van der Waals surface area (Å²) in [5.41, 5.74) is 0.0299. The monoisotopic (exact) mass is 250 g/mol. The first-order valence-corrected chi connectivity index (χ1v) is 6.14. The van der Waals surface area contributed by atoms with Gasteiger partial charge < -0.3 is 0 Å². The zero-order valence-corrected chi connectivity index (χ0v) is 9.14. The number of sulfone groups is 1. The lowest BCUT2D eigenvalue weighted by Crippen LogP contribution is -2.08. The fraction of sp³-hybridized carbons (Fsp3) is 0.200. The zero-order valence-electron chi connectivity index (χ0n) is 8.32. The Labute approximate surface area is 91.3 Å². The highest BCUT2D eigenvalue weighted by Gasteiger charge is 2.28. The van der Waals surface area contributed by atoms with Gasteiger partial charge in [-0.05, 0) is 5.56 Å². The van der Waals surface area contributed by atoms with E-state index in [9.17, 15) is 21.6 Å². The van der Waals surface area contributed by atoms with Crippen LogP contribution in [0.1, 0.15) is 5.56 Å². The smallest absolute Gasteiger partial charge is 0.224 e. The van der Waals surface area contributed by atoms with Crippen LogP contribution in [0.2, 0.25) is 0 Å². The minimum atomic E-state index is -4.66. The molecule has 0 heterocycles. The van der Waals surface area contributed by atoms with Gasteiger partial charge in [0.15, 0.2) is 9.84 Å². The van der Waals surface area contributed by atoms with E-state index in [0.29, 0.717) is 0 Å². The Morgan fingerprint density at radius 3 is 2.06 bits per heavy atom. The average Bonchev–Trinajstić information content (AvgIpc) is 2.13. The maximum Gasteiger partial charge on any atom is 0.411 e. The molecule has 6 heteroatoms. The maximum atomic E-state index is 12.2. The molecular formula is C10H9F3O2S. The molecule has 2 nitrogen and oxygen atoms in total. The molecule has 1 rings (SSSR count). The van der Waals surface area contributed by atoms with E-state index in [-0.39, 0.29) is 11.6 Å². The van der Waals surface area contributed by atoms with Crippen molar-refractivity contribution in [2.45, 2.75) is 6.18 Å². The van der Waals surface area contributed by atoms with Gasteiger partial charge in [0.25, 0.3) is 0 Å². The van der Waals surface area contributed by atoms with Crippen LogP contribution < -0.4 is 0 Å². The molecule has 0 aromatic heterocycles. The number of hydrogen-bond donors (Lipinski definition) is 0. The Morgan fingerprint density at radius 2 is 1.69 bits per heavy atom. The molecule has 0 fully saturated rings. The standard InChI is InChI=1S/C10H9F3O2S/c1-16(14,15)9(7-10(11,12)13)8-5-3-2-4-6-8/h2-7H,1H3/b9-7+. The lowest BCUT2D eigenvalue weighted by molar-refractivity contribution is -0.0792. The van der Waals surface area contributed by atoms with Gasteiger partial charge in [-0.1, -0.05) is 30.3 Å². The fourth-order valence-corrected chi connectivity index (χ4v) is 2.07. The van der Waals surface area contributed by atoms with Crippen molar-refractivity contribution in [3.63, 3.8) is 0 Å². The van der Waals surface area contributed by atoms with Crippen LogP contribution in [-0.2, 0) is 9.84 Å². The highest BCUT2D eigenvalue weighted by Crippen LogP contribution is 2.27. The van der Waals surface area contributed by atoms with Gasteiger partial charge >= 0.3 is 6.18 Å². The normalized spacial score (nSPS) is 13.9. The number of rotatable bonds is 2. The van der Waals surface area contributed by atoms with Crippen LogP contribution >= 0.6 is 0 Å². The third-order valence-corrected chi connectivity index (χ3v) is 2.91. The van der Waals surface area contributed by atoms with Crippen molar-refractivity contribution in [1.82, 2.24) is 0 Å². The van der Waals surface area contributed by atoms with Crippen molar-refractivity contribution in [3.05, 3.63) is 42.0 Å². The van der Waals surface area contributed by atoms with Crippen molar-refractivity contribution in [2.24, 2.45) is 0 Å². The number of hydrogen-bond acceptors (Lipinski definition) is 2. The van der Waals surface area contributed by atoms with E-state index in [0.717, 1.165) is 6.26 Å². The summed E-state index contributed by atoms with van der Waals surface area (Å²) in [5, 5.41) is 0. The molecule has 1 aromatic rings. The summed E-state index contributed by atoms with van der Waals surface area (Å²) in [6, 6.07) is 7.18. The summed E-state index contributed by atoms with van der Waals surface area (Å²) in [5.74, 6) is 0. The summed E-state index contributed by atoms with van der Waals surface area (Å²) in [6.07, 6.45) is -4.11. The van der Waals surface area contributed by atoms with Crippen molar-refractivity contribution >= 4 is 14.7 Å². The van der Waals surface area contributed by atoms with E-state index in [1.54, 1.807) is 6.07 Å². The van der Waals surface area contributed by atoms with Crippen LogP contribution in [0.4, 0.5) is 13.2 Å². The molecule has 0 aliphatic heterocycles. The zero-order chi connectivity index (χ0) is 12.4. The molecule has 0 atom stereocenters. The van der Waals surface area contributed by atoms with Gasteiger partial charge in [0.1, 0.15) is 0 Å². The quantitative estimate of drug-likeness (QED) is 0.808. The van der Waals surface area contributed by atoms with Crippen molar-refractivity contribution < 1.29 is 21.6 Å². The summed E-state index contributed by atoms with van der Waals surface area (Å²) >= 11 is 0. The van der Waals surface area contributed by atoms with Gasteiger partial charge in [0.05, 0.1) is 4.91 Å². The molecule has 0 unspecified atom stereocenters. The number of allylic oxidation sites excluding steroid dienone is 1. The molecule has 0 N–H and O–H groups in total. The third-order valence-electron chi connectivity index (χ3n) is 1.75. The van der Waals surface area contributed by atoms with Crippen LogP contribution in [-0.4, -0.2) is 20.8 Å². The highest BCUT2D eigenvalue weighted by molar-refractivity contribution is 8.00. The summed E-state index contributed by atoms with van der Waals surface area (Å²) < 4.78 is 59.0. The topological polar surface area (TPSA) is 34.1 Å². The first-order valence-electron chi connectivity index (χ1n) is 4.25. The SMILES string of the molecule is CS(=O)(=O)/C(=C/C(F)(F)F)c1ccccc1. The van der Waals surface area contributed by atoms with Crippen molar-refractivity contribution in [3.8, 4) is 0 Å². The van der Waals surface area contributed by atoms with Gasteiger partial charge in [-0.3, -0.25) is 0 Å². The molecule has 0 aliphatic carbocycles. The van der Waals surface area contributed by atoms with Gasteiger partial charge in [-0.2, -0.15) is 13.2 Å². The Morgan fingerprint density at radius 1 is 1.19 bits per heavy atom. The Balaban J connectivity index is 3.36. The van der Waals surface area contributed by atoms with Gasteiger partial charge in [-0.25, -0.2) is 8.42 Å². The van der Waals surface area contributed by atoms with Crippen LogP contribution in [0.3, 0.4) is 0 Å². The Kier molecular flexibility index (Phi) is 3.42. The Hall–Kier alpha value is -1.30. The van der Waals surface area contributed by atoms with E-state index < -0.39 is 20.9 Å². The average molecular weight is 250 g/mol. The van der Waals surface area contributed by atoms with Crippen LogP contribution in [0.15, 0.2) is 36.4 Å².